The molecule has 1 aromatic heterocycles. The summed E-state index contributed by atoms with van der Waals surface area (Å²) < 4.78 is 0.786. The lowest BCUT2D eigenvalue weighted by molar-refractivity contribution is -0.130. The summed E-state index contributed by atoms with van der Waals surface area (Å²) in [6, 6.07) is 4.05. The number of hydrogen-bond acceptors (Lipinski definition) is 4. The minimum Gasteiger partial charge on any atom is -0.396 e. The first-order valence-corrected chi connectivity index (χ1v) is 8.61. The molecule has 108 valence electrons. The molecule has 0 aliphatic rings. The molecule has 19 heavy (non-hydrogen) atoms. The molecule has 0 saturated heterocycles. The molecule has 0 bridgehead atoms. The van der Waals surface area contributed by atoms with Gasteiger partial charge >= 0.3 is 0 Å². The molecular formula is C13H20ClNO2S2. The molecule has 0 saturated carbocycles. The standard InChI is InChI=1S/C13H20ClNO2S2/c1-10(2)15(6-3-7-16)13(17)9-18-8-11-4-5-12(14)19-11/h4-5,10,16H,3,6-9H2,1-2H3. The minimum absolute atomic E-state index is 0.122. The fourth-order valence-electron chi connectivity index (χ4n) is 1.66. The zero-order chi connectivity index (χ0) is 14.3. The van der Waals surface area contributed by atoms with E-state index in [2.05, 4.69) is 0 Å². The van der Waals surface area contributed by atoms with Crippen molar-refractivity contribution < 1.29 is 9.90 Å². The van der Waals surface area contributed by atoms with Crippen molar-refractivity contribution in [1.29, 1.82) is 0 Å². The van der Waals surface area contributed by atoms with Crippen molar-refractivity contribution in [3.8, 4) is 0 Å². The number of nitrogens with zero attached hydrogens (tertiary/aromatic N) is 1. The molecule has 0 atom stereocenters. The Bertz CT molecular complexity index is 396. The van der Waals surface area contributed by atoms with Crippen LogP contribution >= 0.6 is 34.7 Å². The third kappa shape index (κ3) is 6.17. The third-order valence-corrected chi connectivity index (χ3v) is 4.98. The van der Waals surface area contributed by atoms with Crippen LogP contribution in [-0.4, -0.2) is 40.9 Å². The van der Waals surface area contributed by atoms with Gasteiger partial charge in [-0.1, -0.05) is 11.6 Å². The average molecular weight is 322 g/mol. The van der Waals surface area contributed by atoms with Crippen LogP contribution < -0.4 is 0 Å². The van der Waals surface area contributed by atoms with Gasteiger partial charge in [-0.05, 0) is 32.4 Å². The summed E-state index contributed by atoms with van der Waals surface area (Å²) in [5.41, 5.74) is 0. The second-order valence-corrected chi connectivity index (χ2v) is 7.24. The van der Waals surface area contributed by atoms with E-state index >= 15 is 0 Å². The van der Waals surface area contributed by atoms with Gasteiger partial charge in [-0.2, -0.15) is 0 Å². The largest absolute Gasteiger partial charge is 0.396 e. The van der Waals surface area contributed by atoms with E-state index in [-0.39, 0.29) is 18.6 Å². The normalized spacial score (nSPS) is 11.0. The van der Waals surface area contributed by atoms with Gasteiger partial charge in [-0.3, -0.25) is 4.79 Å². The SMILES string of the molecule is CC(C)N(CCCO)C(=O)CSCc1ccc(Cl)s1. The van der Waals surface area contributed by atoms with Crippen LogP contribution in [0.4, 0.5) is 0 Å². The zero-order valence-corrected chi connectivity index (χ0v) is 13.7. The Labute approximate surface area is 127 Å². The van der Waals surface area contributed by atoms with Gasteiger partial charge in [0.15, 0.2) is 0 Å². The van der Waals surface area contributed by atoms with Crippen molar-refractivity contribution in [3.63, 3.8) is 0 Å². The van der Waals surface area contributed by atoms with Crippen molar-refractivity contribution in [2.24, 2.45) is 0 Å². The number of rotatable bonds is 8. The van der Waals surface area contributed by atoms with E-state index < -0.39 is 0 Å². The Morgan fingerprint density at radius 1 is 1.53 bits per heavy atom. The number of carbonyl (C=O) groups is 1. The molecule has 6 heteroatoms. The highest BCUT2D eigenvalue weighted by atomic mass is 35.5. The number of halogens is 1. The van der Waals surface area contributed by atoms with E-state index in [9.17, 15) is 4.79 Å². The van der Waals surface area contributed by atoms with Crippen LogP contribution in [0.15, 0.2) is 12.1 Å². The minimum atomic E-state index is 0.122. The van der Waals surface area contributed by atoms with Crippen molar-refractivity contribution in [3.05, 3.63) is 21.3 Å². The molecule has 1 heterocycles. The Hall–Kier alpha value is -0.230. The number of amides is 1. The molecule has 1 N–H and O–H groups in total. The molecule has 0 aliphatic carbocycles. The molecule has 0 radical (unpaired) electrons. The van der Waals surface area contributed by atoms with Crippen LogP contribution in [0, 0.1) is 0 Å². The van der Waals surface area contributed by atoms with Gasteiger partial charge in [-0.15, -0.1) is 23.1 Å². The predicted molar refractivity (Wildman–Crippen MR) is 84.0 cm³/mol. The van der Waals surface area contributed by atoms with Crippen LogP contribution in [0.3, 0.4) is 0 Å². The van der Waals surface area contributed by atoms with Crippen molar-refractivity contribution in [2.75, 3.05) is 18.9 Å². The smallest absolute Gasteiger partial charge is 0.232 e. The molecule has 1 amide bonds. The first-order chi connectivity index (χ1) is 9.04. The summed E-state index contributed by atoms with van der Waals surface area (Å²) >= 11 is 9.02. The highest BCUT2D eigenvalue weighted by molar-refractivity contribution is 7.99. The second kappa shape index (κ2) is 8.84. The molecule has 0 spiro atoms. The van der Waals surface area contributed by atoms with E-state index in [1.54, 1.807) is 23.1 Å². The average Bonchev–Trinajstić information content (AvgIpc) is 2.75. The van der Waals surface area contributed by atoms with Gasteiger partial charge in [-0.25, -0.2) is 0 Å². The van der Waals surface area contributed by atoms with E-state index in [0.717, 1.165) is 10.1 Å². The molecule has 3 nitrogen and oxygen atoms in total. The molecular weight excluding hydrogens is 302 g/mol. The number of aliphatic hydroxyl groups excluding tert-OH is 1. The predicted octanol–water partition coefficient (Wildman–Crippen LogP) is 3.25. The lowest BCUT2D eigenvalue weighted by Crippen LogP contribution is -2.39. The molecule has 1 aromatic rings. The first-order valence-electron chi connectivity index (χ1n) is 6.27. The highest BCUT2D eigenvalue weighted by Crippen LogP contribution is 2.25. The zero-order valence-electron chi connectivity index (χ0n) is 11.3. The Kier molecular flexibility index (Phi) is 7.83. The van der Waals surface area contributed by atoms with Crippen molar-refractivity contribution in [1.82, 2.24) is 4.90 Å². The summed E-state index contributed by atoms with van der Waals surface area (Å²) in [5, 5.41) is 8.85. The number of aliphatic hydroxyl groups is 1. The van der Waals surface area contributed by atoms with Gasteiger partial charge in [0.1, 0.15) is 0 Å². The maximum absolute atomic E-state index is 12.1. The number of thiophene rings is 1. The summed E-state index contributed by atoms with van der Waals surface area (Å²) in [7, 11) is 0. The van der Waals surface area contributed by atoms with Crippen molar-refractivity contribution in [2.45, 2.75) is 32.1 Å². The van der Waals surface area contributed by atoms with E-state index in [4.69, 9.17) is 16.7 Å². The molecule has 0 aliphatic heterocycles. The van der Waals surface area contributed by atoms with E-state index in [0.29, 0.717) is 18.7 Å². The second-order valence-electron chi connectivity index (χ2n) is 4.46. The fraction of sp³-hybridized carbons (Fsp3) is 0.615. The number of thioether (sulfide) groups is 1. The quantitative estimate of drug-likeness (QED) is 0.799. The maximum Gasteiger partial charge on any atom is 0.232 e. The summed E-state index contributed by atoms with van der Waals surface area (Å²) in [6.07, 6.45) is 0.634. The van der Waals surface area contributed by atoms with Crippen LogP contribution in [0.25, 0.3) is 0 Å². The van der Waals surface area contributed by atoms with Gasteiger partial charge in [0.2, 0.25) is 5.91 Å². The van der Waals surface area contributed by atoms with Gasteiger partial charge in [0.25, 0.3) is 0 Å². The van der Waals surface area contributed by atoms with Crippen LogP contribution in [-0.2, 0) is 10.5 Å². The van der Waals surface area contributed by atoms with Gasteiger partial charge in [0.05, 0.1) is 10.1 Å². The van der Waals surface area contributed by atoms with Gasteiger partial charge in [0, 0.05) is 29.8 Å². The summed E-state index contributed by atoms with van der Waals surface area (Å²) in [6.45, 7) is 4.74. The topological polar surface area (TPSA) is 40.5 Å². The van der Waals surface area contributed by atoms with Gasteiger partial charge < -0.3 is 10.0 Å². The summed E-state index contributed by atoms with van der Waals surface area (Å²) in [4.78, 5) is 15.1. The monoisotopic (exact) mass is 321 g/mol. The van der Waals surface area contributed by atoms with E-state index in [1.165, 1.54) is 4.88 Å². The summed E-state index contributed by atoms with van der Waals surface area (Å²) in [5.74, 6) is 1.42. The van der Waals surface area contributed by atoms with E-state index in [1.807, 2.05) is 30.9 Å². The Balaban J connectivity index is 2.35. The van der Waals surface area contributed by atoms with Crippen LogP contribution in [0.1, 0.15) is 25.1 Å². The lowest BCUT2D eigenvalue weighted by Gasteiger charge is -2.26. The number of carbonyl (C=O) groups excluding carboxylic acids is 1. The molecule has 0 unspecified atom stereocenters. The van der Waals surface area contributed by atoms with Crippen LogP contribution in [0.2, 0.25) is 4.34 Å². The van der Waals surface area contributed by atoms with Crippen molar-refractivity contribution >= 4 is 40.6 Å². The number of hydrogen-bond donors (Lipinski definition) is 1. The maximum atomic E-state index is 12.1. The first kappa shape index (κ1) is 16.8. The lowest BCUT2D eigenvalue weighted by atomic mass is 10.3. The molecule has 1 rings (SSSR count). The highest BCUT2D eigenvalue weighted by Gasteiger charge is 2.16. The fourth-order valence-corrected chi connectivity index (χ4v) is 3.77. The molecule has 0 fully saturated rings. The third-order valence-electron chi connectivity index (χ3n) is 2.60. The Morgan fingerprint density at radius 3 is 2.79 bits per heavy atom. The molecule has 0 aromatic carbocycles. The van der Waals surface area contributed by atoms with Crippen LogP contribution in [0.5, 0.6) is 0 Å². The Morgan fingerprint density at radius 2 is 2.26 bits per heavy atom.